The zero-order valence-electron chi connectivity index (χ0n) is 14.4. The molecule has 0 radical (unpaired) electrons. The largest absolute Gasteiger partial charge is 0.497 e. The van der Waals surface area contributed by atoms with Crippen molar-refractivity contribution in [2.45, 2.75) is 13.0 Å². The predicted octanol–water partition coefficient (Wildman–Crippen LogP) is 1.17. The van der Waals surface area contributed by atoms with Crippen LogP contribution in [0.5, 0.6) is 5.75 Å². The first-order chi connectivity index (χ1) is 11.0. The number of nitrogens with one attached hydrogen (secondary N) is 1. The molecule has 0 atom stereocenters. The summed E-state index contributed by atoms with van der Waals surface area (Å²) < 4.78 is 32.0. The predicted molar refractivity (Wildman–Crippen MR) is 99.4 cm³/mol. The lowest BCUT2D eigenvalue weighted by Crippen LogP contribution is -2.45. The van der Waals surface area contributed by atoms with Crippen LogP contribution in [0, 0.1) is 0 Å². The fourth-order valence-electron chi connectivity index (χ4n) is 2.60. The minimum absolute atomic E-state index is 0. The maximum Gasteiger partial charge on any atom is 0.211 e. The highest BCUT2D eigenvalue weighted by Crippen LogP contribution is 2.12. The number of methoxy groups -OCH3 is 1. The Kier molecular flexibility index (Phi) is 9.01. The lowest BCUT2D eigenvalue weighted by molar-refractivity contribution is 0.154. The number of hydrogen-bond donors (Lipinski definition) is 1. The lowest BCUT2D eigenvalue weighted by atomic mass is 10.2. The maximum atomic E-state index is 12.1. The minimum Gasteiger partial charge on any atom is -0.497 e. The van der Waals surface area contributed by atoms with E-state index in [9.17, 15) is 8.42 Å². The van der Waals surface area contributed by atoms with Gasteiger partial charge in [-0.25, -0.2) is 13.1 Å². The van der Waals surface area contributed by atoms with Crippen molar-refractivity contribution in [3.05, 3.63) is 29.8 Å². The number of likely N-dealkylation sites (N-methyl/N-ethyl adjacent to an activating group) is 1. The number of piperazine rings is 1. The van der Waals surface area contributed by atoms with Gasteiger partial charge in [0.2, 0.25) is 10.0 Å². The number of benzene rings is 1. The van der Waals surface area contributed by atoms with Crippen LogP contribution in [0.15, 0.2) is 24.3 Å². The van der Waals surface area contributed by atoms with Crippen LogP contribution < -0.4 is 9.46 Å². The van der Waals surface area contributed by atoms with Gasteiger partial charge < -0.3 is 14.5 Å². The highest BCUT2D eigenvalue weighted by Gasteiger charge is 2.15. The number of rotatable bonds is 8. The molecule has 1 aromatic carbocycles. The number of ether oxygens (including phenoxy) is 1. The lowest BCUT2D eigenvalue weighted by Gasteiger charge is -2.32. The van der Waals surface area contributed by atoms with Gasteiger partial charge in [-0.15, -0.1) is 12.4 Å². The summed E-state index contributed by atoms with van der Waals surface area (Å²) >= 11 is 0. The molecule has 0 saturated carbocycles. The van der Waals surface area contributed by atoms with Crippen LogP contribution >= 0.6 is 12.4 Å². The number of hydrogen-bond acceptors (Lipinski definition) is 5. The van der Waals surface area contributed by atoms with Crippen molar-refractivity contribution in [2.75, 3.05) is 52.6 Å². The molecule has 1 fully saturated rings. The van der Waals surface area contributed by atoms with Gasteiger partial charge in [0.05, 0.1) is 12.9 Å². The normalized spacial score (nSPS) is 16.6. The quantitative estimate of drug-likeness (QED) is 0.737. The van der Waals surface area contributed by atoms with Crippen molar-refractivity contribution in [3.63, 3.8) is 0 Å². The molecule has 1 aliphatic heterocycles. The summed E-state index contributed by atoms with van der Waals surface area (Å²) in [7, 11) is 0.475. The number of nitrogens with zero attached hydrogens (tertiary/aromatic N) is 2. The van der Waals surface area contributed by atoms with Gasteiger partial charge in [-0.05, 0) is 37.7 Å². The molecule has 138 valence electrons. The second-order valence-corrected chi connectivity index (χ2v) is 7.92. The van der Waals surface area contributed by atoms with E-state index in [2.05, 4.69) is 21.6 Å². The summed E-state index contributed by atoms with van der Waals surface area (Å²) in [6, 6.07) is 7.42. The van der Waals surface area contributed by atoms with Crippen LogP contribution in [-0.2, 0) is 16.6 Å². The third-order valence-electron chi connectivity index (χ3n) is 4.11. The molecule has 1 saturated heterocycles. The topological polar surface area (TPSA) is 61.9 Å². The van der Waals surface area contributed by atoms with Gasteiger partial charge in [0.15, 0.2) is 0 Å². The van der Waals surface area contributed by atoms with E-state index in [4.69, 9.17) is 4.74 Å². The van der Waals surface area contributed by atoms with Crippen molar-refractivity contribution in [2.24, 2.45) is 0 Å². The van der Waals surface area contributed by atoms with E-state index in [1.165, 1.54) is 0 Å². The van der Waals surface area contributed by atoms with Crippen molar-refractivity contribution >= 4 is 22.4 Å². The zero-order chi connectivity index (χ0) is 16.7. The van der Waals surface area contributed by atoms with Crippen molar-refractivity contribution in [1.29, 1.82) is 0 Å². The molecular weight excluding hydrogens is 350 g/mol. The van der Waals surface area contributed by atoms with Crippen LogP contribution in [0.1, 0.15) is 12.0 Å². The van der Waals surface area contributed by atoms with Crippen molar-refractivity contribution < 1.29 is 13.2 Å². The molecule has 1 aromatic rings. The monoisotopic (exact) mass is 377 g/mol. The Hall–Kier alpha value is -0.860. The maximum absolute atomic E-state index is 12.1. The Morgan fingerprint density at radius 1 is 1.21 bits per heavy atom. The molecule has 24 heavy (non-hydrogen) atoms. The van der Waals surface area contributed by atoms with Gasteiger partial charge in [0, 0.05) is 32.7 Å². The Labute approximate surface area is 151 Å². The molecule has 0 unspecified atom stereocenters. The Balaban J connectivity index is 0.00000288. The van der Waals surface area contributed by atoms with Crippen LogP contribution in [0.4, 0.5) is 0 Å². The SMILES string of the molecule is COc1cccc(CNS(=O)(=O)CCCN2CCN(C)CC2)c1.Cl. The van der Waals surface area contributed by atoms with Crippen LogP contribution in [0.2, 0.25) is 0 Å². The standard InChI is InChI=1S/C16H27N3O3S.ClH/c1-18-8-10-19(11-9-18)7-4-12-23(20,21)17-14-15-5-3-6-16(13-15)22-2;/h3,5-6,13,17H,4,7-12,14H2,1-2H3;1H. The summed E-state index contributed by atoms with van der Waals surface area (Å²) in [5, 5.41) is 0. The van der Waals surface area contributed by atoms with E-state index in [1.54, 1.807) is 7.11 Å². The first-order valence-corrected chi connectivity index (χ1v) is 9.65. The van der Waals surface area contributed by atoms with Crippen LogP contribution in [0.3, 0.4) is 0 Å². The Morgan fingerprint density at radius 3 is 2.58 bits per heavy atom. The van der Waals surface area contributed by atoms with Crippen LogP contribution in [0.25, 0.3) is 0 Å². The number of halogens is 1. The van der Waals surface area contributed by atoms with E-state index < -0.39 is 10.0 Å². The number of sulfonamides is 1. The molecule has 1 heterocycles. The second-order valence-electron chi connectivity index (χ2n) is 5.99. The molecular formula is C16H28ClN3O3S. The van der Waals surface area contributed by atoms with E-state index >= 15 is 0 Å². The fraction of sp³-hybridized carbons (Fsp3) is 0.625. The third-order valence-corrected chi connectivity index (χ3v) is 5.52. The molecule has 1 aliphatic rings. The van der Waals surface area contributed by atoms with E-state index in [1.807, 2.05) is 24.3 Å². The van der Waals surface area contributed by atoms with E-state index in [-0.39, 0.29) is 18.2 Å². The molecule has 8 heteroatoms. The molecule has 1 N–H and O–H groups in total. The van der Waals surface area contributed by atoms with E-state index in [0.717, 1.165) is 44.0 Å². The molecule has 2 rings (SSSR count). The minimum atomic E-state index is -3.24. The first-order valence-electron chi connectivity index (χ1n) is 8.00. The molecule has 0 bridgehead atoms. The van der Waals surface area contributed by atoms with Crippen molar-refractivity contribution in [1.82, 2.24) is 14.5 Å². The smallest absolute Gasteiger partial charge is 0.211 e. The summed E-state index contributed by atoms with van der Waals surface area (Å²) in [6.45, 7) is 5.30. The highest BCUT2D eigenvalue weighted by molar-refractivity contribution is 7.89. The highest BCUT2D eigenvalue weighted by atomic mass is 35.5. The van der Waals surface area contributed by atoms with Crippen molar-refractivity contribution in [3.8, 4) is 5.75 Å². The average molecular weight is 378 g/mol. The average Bonchev–Trinajstić information content (AvgIpc) is 2.55. The molecule has 0 amide bonds. The van der Waals surface area contributed by atoms with Crippen LogP contribution in [-0.4, -0.2) is 70.9 Å². The fourth-order valence-corrected chi connectivity index (χ4v) is 3.64. The zero-order valence-corrected chi connectivity index (χ0v) is 16.0. The van der Waals surface area contributed by atoms with Gasteiger partial charge in [-0.1, -0.05) is 12.1 Å². The summed E-state index contributed by atoms with van der Waals surface area (Å²) in [5.41, 5.74) is 0.895. The summed E-state index contributed by atoms with van der Waals surface area (Å²) in [5.74, 6) is 0.903. The Bertz CT molecular complexity index is 590. The van der Waals surface area contributed by atoms with E-state index in [0.29, 0.717) is 13.0 Å². The van der Waals surface area contributed by atoms with Gasteiger partial charge in [-0.2, -0.15) is 0 Å². The van der Waals surface area contributed by atoms with Gasteiger partial charge in [0.1, 0.15) is 5.75 Å². The summed E-state index contributed by atoms with van der Waals surface area (Å²) in [6.07, 6.45) is 0.664. The first kappa shape index (κ1) is 21.2. The van der Waals surface area contributed by atoms with Gasteiger partial charge in [0.25, 0.3) is 0 Å². The molecule has 0 aliphatic carbocycles. The third kappa shape index (κ3) is 7.36. The summed E-state index contributed by atoms with van der Waals surface area (Å²) in [4.78, 5) is 4.63. The second kappa shape index (κ2) is 10.2. The molecule has 6 nitrogen and oxygen atoms in total. The molecule has 0 spiro atoms. The van der Waals surface area contributed by atoms with Gasteiger partial charge >= 0.3 is 0 Å². The molecule has 0 aromatic heterocycles. The van der Waals surface area contributed by atoms with Gasteiger partial charge in [-0.3, -0.25) is 0 Å². The Morgan fingerprint density at radius 2 is 1.92 bits per heavy atom.